The summed E-state index contributed by atoms with van der Waals surface area (Å²) in [6.45, 7) is 4.19. The Hall–Kier alpha value is -0.611. The second-order valence-corrected chi connectivity index (χ2v) is 2.15. The largest absolute Gasteiger partial charge is 2.00 e. The van der Waals surface area contributed by atoms with Crippen molar-refractivity contribution in [2.24, 2.45) is 0 Å². The minimum Gasteiger partial charge on any atom is -1.00 e. The summed E-state index contributed by atoms with van der Waals surface area (Å²) in [5.41, 5.74) is 2.66. The van der Waals surface area contributed by atoms with Crippen molar-refractivity contribution in [2.45, 2.75) is 13.8 Å². The molecule has 0 aromatic heterocycles. The number of hydrogen-bond donors (Lipinski definition) is 0. The molecule has 0 unspecified atom stereocenters. The van der Waals surface area contributed by atoms with Crippen molar-refractivity contribution in [1.29, 1.82) is 0 Å². The first-order valence-electron chi connectivity index (χ1n) is 2.82. The van der Waals surface area contributed by atoms with Crippen LogP contribution in [0.1, 0.15) is 14.0 Å². The summed E-state index contributed by atoms with van der Waals surface area (Å²) >= 11 is 0. The molecule has 9 heavy (non-hydrogen) atoms. The maximum atomic E-state index is 2.12. The van der Waals surface area contributed by atoms with E-state index >= 15 is 0 Å². The van der Waals surface area contributed by atoms with Crippen LogP contribution in [0.25, 0.3) is 0 Å². The average Bonchev–Trinajstić information content (AvgIpc) is 1.77. The van der Waals surface area contributed by atoms with Crippen LogP contribution in [-0.4, -0.2) is 10.1 Å². The summed E-state index contributed by atoms with van der Waals surface area (Å²) in [6.07, 6.45) is 0. The summed E-state index contributed by atoms with van der Waals surface area (Å²) in [5, 5.41) is 0. The van der Waals surface area contributed by atoms with Gasteiger partial charge in [0.2, 0.25) is 0 Å². The van der Waals surface area contributed by atoms with Crippen molar-refractivity contribution in [1.82, 2.24) is 0 Å². The van der Waals surface area contributed by atoms with E-state index in [1.807, 2.05) is 0 Å². The fourth-order valence-electron chi connectivity index (χ4n) is 0.637. The zero-order valence-corrected chi connectivity index (χ0v) is 6.02. The fraction of sp³-hybridized carbons (Fsp3) is 0.250. The normalized spacial score (nSPS) is 8.22. The third-order valence-corrected chi connectivity index (χ3v) is 1.22. The first kappa shape index (κ1) is 8.39. The molecule has 0 saturated carbocycles. The maximum Gasteiger partial charge on any atom is 2.00 e. The molecule has 0 radical (unpaired) electrons. The van der Waals surface area contributed by atoms with Gasteiger partial charge in [-0.1, -0.05) is 35.4 Å². The standard InChI is InChI=1S/C8H10.Be.2H/c1-7-3-5-8(2)6-4-7;;;/h3-6H,1-2H3;;;/q;+2;2*-1. The van der Waals surface area contributed by atoms with Crippen LogP contribution in [-0.2, 0) is 0 Å². The first-order chi connectivity index (χ1) is 3.79. The Bertz CT molecular complexity index is 151. The molecule has 0 heterocycles. The average molecular weight is 117 g/mol. The summed E-state index contributed by atoms with van der Waals surface area (Å²) < 4.78 is 0. The minimum absolute atomic E-state index is 0. The molecule has 46 valence electrons. The van der Waals surface area contributed by atoms with Gasteiger partial charge in [-0.05, 0) is 13.8 Å². The molecular weight excluding hydrogens is 105 g/mol. The molecule has 0 nitrogen and oxygen atoms in total. The van der Waals surface area contributed by atoms with E-state index in [1.54, 1.807) is 0 Å². The van der Waals surface area contributed by atoms with Gasteiger partial charge in [0.25, 0.3) is 0 Å². The number of benzene rings is 1. The van der Waals surface area contributed by atoms with Gasteiger partial charge in [-0.25, -0.2) is 0 Å². The van der Waals surface area contributed by atoms with Crippen molar-refractivity contribution in [3.05, 3.63) is 35.4 Å². The quantitative estimate of drug-likeness (QED) is 0.457. The molecule has 0 saturated heterocycles. The second-order valence-electron chi connectivity index (χ2n) is 2.15. The zero-order valence-electron chi connectivity index (χ0n) is 8.02. The molecule has 0 amide bonds. The molecular formula is C8H12Be. The molecule has 0 aliphatic rings. The summed E-state index contributed by atoms with van der Waals surface area (Å²) in [5.74, 6) is 0. The molecule has 0 bridgehead atoms. The summed E-state index contributed by atoms with van der Waals surface area (Å²) in [4.78, 5) is 0. The van der Waals surface area contributed by atoms with Crippen molar-refractivity contribution >= 4 is 10.1 Å². The van der Waals surface area contributed by atoms with Crippen molar-refractivity contribution in [3.8, 4) is 0 Å². The van der Waals surface area contributed by atoms with E-state index in [4.69, 9.17) is 0 Å². The van der Waals surface area contributed by atoms with Crippen LogP contribution in [0.5, 0.6) is 0 Å². The van der Waals surface area contributed by atoms with E-state index < -0.39 is 0 Å². The van der Waals surface area contributed by atoms with E-state index in [9.17, 15) is 0 Å². The predicted molar refractivity (Wildman–Crippen MR) is 43.9 cm³/mol. The molecule has 0 aliphatic carbocycles. The van der Waals surface area contributed by atoms with Crippen LogP contribution in [0.4, 0.5) is 0 Å². The molecule has 0 fully saturated rings. The fourth-order valence-corrected chi connectivity index (χ4v) is 0.637. The zero-order chi connectivity index (χ0) is 5.98. The SMILES string of the molecule is Cc1ccc(C)cc1.[Be+2].[H-].[H-]. The second kappa shape index (κ2) is 3.42. The Morgan fingerprint density at radius 2 is 1.11 bits per heavy atom. The smallest absolute Gasteiger partial charge is 1.00 e. The van der Waals surface area contributed by atoms with E-state index in [0.29, 0.717) is 0 Å². The first-order valence-corrected chi connectivity index (χ1v) is 2.82. The Morgan fingerprint density at radius 1 is 0.889 bits per heavy atom. The van der Waals surface area contributed by atoms with Gasteiger partial charge in [-0.2, -0.15) is 0 Å². The molecule has 1 aromatic carbocycles. The predicted octanol–water partition coefficient (Wildman–Crippen LogP) is 2.15. The summed E-state index contributed by atoms with van der Waals surface area (Å²) in [7, 11) is 0. The van der Waals surface area contributed by atoms with E-state index in [2.05, 4.69) is 38.1 Å². The summed E-state index contributed by atoms with van der Waals surface area (Å²) in [6, 6.07) is 8.48. The number of aryl methyl sites for hydroxylation is 2. The molecule has 0 spiro atoms. The van der Waals surface area contributed by atoms with Gasteiger partial charge in [0, 0.05) is 0 Å². The molecule has 0 aliphatic heterocycles. The molecule has 0 atom stereocenters. The molecule has 1 aromatic rings. The van der Waals surface area contributed by atoms with Gasteiger partial charge in [0.15, 0.2) is 0 Å². The molecule has 0 N–H and O–H groups in total. The van der Waals surface area contributed by atoms with Crippen molar-refractivity contribution in [3.63, 3.8) is 0 Å². The van der Waals surface area contributed by atoms with E-state index in [0.717, 1.165) is 0 Å². The van der Waals surface area contributed by atoms with Gasteiger partial charge in [-0.15, -0.1) is 0 Å². The van der Waals surface area contributed by atoms with Crippen LogP contribution in [0.2, 0.25) is 0 Å². The van der Waals surface area contributed by atoms with Crippen molar-refractivity contribution < 1.29 is 2.85 Å². The Kier molecular flexibility index (Phi) is 3.19. The van der Waals surface area contributed by atoms with Gasteiger partial charge in [-0.3, -0.25) is 0 Å². The Morgan fingerprint density at radius 3 is 1.33 bits per heavy atom. The third kappa shape index (κ3) is 2.43. The molecule has 1 heteroatoms. The van der Waals surface area contributed by atoms with Crippen molar-refractivity contribution in [2.75, 3.05) is 0 Å². The monoisotopic (exact) mass is 117 g/mol. The number of hydrogen-bond acceptors (Lipinski definition) is 0. The van der Waals surface area contributed by atoms with Gasteiger partial charge in [0.05, 0.1) is 0 Å². The van der Waals surface area contributed by atoms with E-state index in [1.165, 1.54) is 11.1 Å². The van der Waals surface area contributed by atoms with E-state index in [-0.39, 0.29) is 13.0 Å². The maximum absolute atomic E-state index is 2.12. The minimum atomic E-state index is 0. The number of rotatable bonds is 0. The topological polar surface area (TPSA) is 0 Å². The molecule has 1 rings (SSSR count). The van der Waals surface area contributed by atoms with Crippen LogP contribution >= 0.6 is 0 Å². The van der Waals surface area contributed by atoms with Crippen LogP contribution < -0.4 is 0 Å². The van der Waals surface area contributed by atoms with Crippen LogP contribution in [0, 0.1) is 13.8 Å². The van der Waals surface area contributed by atoms with Gasteiger partial charge < -0.3 is 2.85 Å². The third-order valence-electron chi connectivity index (χ3n) is 1.22. The van der Waals surface area contributed by atoms with Gasteiger partial charge in [0.1, 0.15) is 0 Å². The Balaban J connectivity index is -0.000000213. The van der Waals surface area contributed by atoms with Crippen LogP contribution in [0.15, 0.2) is 24.3 Å². The van der Waals surface area contributed by atoms with Gasteiger partial charge >= 0.3 is 10.1 Å². The Labute approximate surface area is 63.1 Å². The van der Waals surface area contributed by atoms with Crippen LogP contribution in [0.3, 0.4) is 0 Å².